The van der Waals surface area contributed by atoms with Gasteiger partial charge in [-0.1, -0.05) is 12.1 Å². The number of nitrogens with zero attached hydrogens (tertiary/aromatic N) is 1. The minimum absolute atomic E-state index is 0.0971. The van der Waals surface area contributed by atoms with Crippen molar-refractivity contribution >= 4 is 18.0 Å². The number of hydrogen-bond donors (Lipinski definition) is 1. The smallest absolute Gasteiger partial charge is 0.349 e. The zero-order valence-corrected chi connectivity index (χ0v) is 19.1. The molecular formula is C26H24N2O6. The Morgan fingerprint density at radius 3 is 2.59 bits per heavy atom. The molecule has 34 heavy (non-hydrogen) atoms. The van der Waals surface area contributed by atoms with Crippen LogP contribution in [-0.2, 0) is 16.1 Å². The van der Waals surface area contributed by atoms with Gasteiger partial charge in [0, 0.05) is 0 Å². The maximum absolute atomic E-state index is 12.3. The number of methoxy groups -OCH3 is 1. The van der Waals surface area contributed by atoms with Crippen LogP contribution in [0.25, 0.3) is 6.08 Å². The van der Waals surface area contributed by atoms with Gasteiger partial charge in [0.15, 0.2) is 18.1 Å². The average molecular weight is 460 g/mol. The fourth-order valence-electron chi connectivity index (χ4n) is 2.95. The number of carbonyl (C=O) groups excluding carboxylic acids is 2. The van der Waals surface area contributed by atoms with Gasteiger partial charge < -0.3 is 23.9 Å². The van der Waals surface area contributed by atoms with Crippen molar-refractivity contribution in [3.8, 4) is 23.3 Å². The van der Waals surface area contributed by atoms with Crippen LogP contribution in [0.1, 0.15) is 22.5 Å². The first kappa shape index (κ1) is 24.1. The van der Waals surface area contributed by atoms with E-state index in [1.165, 1.54) is 25.5 Å². The summed E-state index contributed by atoms with van der Waals surface area (Å²) in [6.45, 7) is 3.84. The van der Waals surface area contributed by atoms with Crippen molar-refractivity contribution in [1.82, 2.24) is 5.32 Å². The molecule has 0 aliphatic carbocycles. The largest absolute Gasteiger partial charge is 0.493 e. The first-order valence-corrected chi connectivity index (χ1v) is 10.4. The lowest BCUT2D eigenvalue weighted by molar-refractivity contribution is -0.136. The Balaban J connectivity index is 1.64. The molecule has 0 aliphatic heterocycles. The van der Waals surface area contributed by atoms with Crippen molar-refractivity contribution in [3.63, 3.8) is 0 Å². The molecule has 0 saturated carbocycles. The molecule has 2 aromatic carbocycles. The highest BCUT2D eigenvalue weighted by Crippen LogP contribution is 2.29. The summed E-state index contributed by atoms with van der Waals surface area (Å²) in [6, 6.07) is 15.5. The number of carbonyl (C=O) groups is 2. The predicted octanol–water partition coefficient (Wildman–Crippen LogP) is 4.11. The van der Waals surface area contributed by atoms with Gasteiger partial charge >= 0.3 is 5.97 Å². The molecule has 0 fully saturated rings. The summed E-state index contributed by atoms with van der Waals surface area (Å²) >= 11 is 0. The molecule has 1 N–H and O–H groups in total. The van der Waals surface area contributed by atoms with Crippen LogP contribution in [0, 0.1) is 25.2 Å². The quantitative estimate of drug-likeness (QED) is 0.221. The Labute approximate surface area is 197 Å². The fraction of sp³-hybridized carbons (Fsp3) is 0.192. The third kappa shape index (κ3) is 6.50. The lowest BCUT2D eigenvalue weighted by Gasteiger charge is -2.11. The molecule has 0 radical (unpaired) electrons. The number of amides is 1. The van der Waals surface area contributed by atoms with E-state index in [1.54, 1.807) is 30.3 Å². The molecule has 3 rings (SSSR count). The third-order valence-corrected chi connectivity index (χ3v) is 4.93. The van der Waals surface area contributed by atoms with Gasteiger partial charge in [-0.2, -0.15) is 5.26 Å². The Kier molecular flexibility index (Phi) is 8.08. The average Bonchev–Trinajstić information content (AvgIpc) is 3.36. The van der Waals surface area contributed by atoms with Crippen LogP contribution < -0.4 is 19.5 Å². The SMILES string of the molecule is COc1cc(/C=C(\C#N)C(=O)NCc2ccco2)ccc1OC(=O)COc1ccc(C)c(C)c1. The summed E-state index contributed by atoms with van der Waals surface area (Å²) in [7, 11) is 1.42. The molecule has 8 nitrogen and oxygen atoms in total. The van der Waals surface area contributed by atoms with Gasteiger partial charge in [0.2, 0.25) is 0 Å². The normalized spacial score (nSPS) is 10.8. The number of ether oxygens (including phenoxy) is 3. The zero-order chi connectivity index (χ0) is 24.5. The van der Waals surface area contributed by atoms with Gasteiger partial charge in [-0.05, 0) is 73.0 Å². The van der Waals surface area contributed by atoms with Crippen molar-refractivity contribution in [2.45, 2.75) is 20.4 Å². The zero-order valence-electron chi connectivity index (χ0n) is 19.1. The highest BCUT2D eigenvalue weighted by atomic mass is 16.6. The van der Waals surface area contributed by atoms with Gasteiger partial charge in [0.1, 0.15) is 23.2 Å². The van der Waals surface area contributed by atoms with E-state index < -0.39 is 11.9 Å². The van der Waals surface area contributed by atoms with Crippen LogP contribution in [0.2, 0.25) is 0 Å². The number of hydrogen-bond acceptors (Lipinski definition) is 7. The van der Waals surface area contributed by atoms with E-state index in [4.69, 9.17) is 18.6 Å². The summed E-state index contributed by atoms with van der Waals surface area (Å²) in [4.78, 5) is 24.6. The minimum atomic E-state index is -0.602. The van der Waals surface area contributed by atoms with Gasteiger partial charge in [-0.15, -0.1) is 0 Å². The van der Waals surface area contributed by atoms with Crippen LogP contribution in [0.4, 0.5) is 0 Å². The molecule has 0 spiro atoms. The lowest BCUT2D eigenvalue weighted by Crippen LogP contribution is -2.23. The van der Waals surface area contributed by atoms with Crippen LogP contribution in [0.3, 0.4) is 0 Å². The summed E-state index contributed by atoms with van der Waals surface area (Å²) in [5.74, 6) is 0.448. The molecule has 174 valence electrons. The highest BCUT2D eigenvalue weighted by Gasteiger charge is 2.14. The van der Waals surface area contributed by atoms with Crippen LogP contribution in [-0.4, -0.2) is 25.6 Å². The molecule has 3 aromatic rings. The molecule has 1 amide bonds. The van der Waals surface area contributed by atoms with Gasteiger partial charge in [0.05, 0.1) is 19.9 Å². The minimum Gasteiger partial charge on any atom is -0.493 e. The van der Waals surface area contributed by atoms with Gasteiger partial charge in [-0.3, -0.25) is 4.79 Å². The summed E-state index contributed by atoms with van der Waals surface area (Å²) in [5, 5.41) is 12.0. The molecule has 0 atom stereocenters. The molecule has 0 saturated heterocycles. The lowest BCUT2D eigenvalue weighted by atomic mass is 10.1. The Morgan fingerprint density at radius 2 is 1.91 bits per heavy atom. The van der Waals surface area contributed by atoms with Crippen molar-refractivity contribution in [1.29, 1.82) is 5.26 Å². The topological polar surface area (TPSA) is 111 Å². The molecule has 0 aliphatic rings. The molecule has 0 unspecified atom stereocenters. The fourth-order valence-corrected chi connectivity index (χ4v) is 2.95. The Bertz CT molecular complexity index is 1240. The van der Waals surface area contributed by atoms with Crippen LogP contribution in [0.5, 0.6) is 17.2 Å². The molecule has 1 heterocycles. The Hall–Kier alpha value is -4.51. The first-order valence-electron chi connectivity index (χ1n) is 10.4. The summed E-state index contributed by atoms with van der Waals surface area (Å²) in [6.07, 6.45) is 2.91. The van der Waals surface area contributed by atoms with E-state index in [1.807, 2.05) is 32.0 Å². The van der Waals surface area contributed by atoms with Gasteiger partial charge in [-0.25, -0.2) is 4.79 Å². The summed E-state index contributed by atoms with van der Waals surface area (Å²) < 4.78 is 21.3. The first-order chi connectivity index (χ1) is 16.4. The number of esters is 1. The van der Waals surface area contributed by atoms with Crippen molar-refractivity contribution < 1.29 is 28.2 Å². The Morgan fingerprint density at radius 1 is 1.09 bits per heavy atom. The second-order valence-corrected chi connectivity index (χ2v) is 7.35. The number of rotatable bonds is 9. The van der Waals surface area contributed by atoms with E-state index in [2.05, 4.69) is 5.32 Å². The molecule has 8 heteroatoms. The third-order valence-electron chi connectivity index (χ3n) is 4.93. The second kappa shape index (κ2) is 11.4. The maximum atomic E-state index is 12.3. The van der Waals surface area contributed by atoms with E-state index in [-0.39, 0.29) is 30.2 Å². The number of nitrogens with one attached hydrogen (secondary N) is 1. The second-order valence-electron chi connectivity index (χ2n) is 7.35. The molecular weight excluding hydrogens is 436 g/mol. The van der Waals surface area contributed by atoms with E-state index >= 15 is 0 Å². The van der Waals surface area contributed by atoms with E-state index in [0.717, 1.165) is 11.1 Å². The van der Waals surface area contributed by atoms with E-state index in [0.29, 0.717) is 17.1 Å². The molecule has 1 aromatic heterocycles. The predicted molar refractivity (Wildman–Crippen MR) is 124 cm³/mol. The van der Waals surface area contributed by atoms with Crippen molar-refractivity contribution in [3.05, 3.63) is 82.8 Å². The number of furan rings is 1. The summed E-state index contributed by atoms with van der Waals surface area (Å²) in [5.41, 5.74) is 2.61. The maximum Gasteiger partial charge on any atom is 0.349 e. The molecule has 0 bridgehead atoms. The van der Waals surface area contributed by atoms with Crippen molar-refractivity contribution in [2.24, 2.45) is 0 Å². The van der Waals surface area contributed by atoms with Crippen molar-refractivity contribution in [2.75, 3.05) is 13.7 Å². The standard InChI is InChI=1S/C26H24N2O6/c1-17-6-8-21(11-18(17)2)33-16-25(29)34-23-9-7-19(13-24(23)31-3)12-20(14-27)26(30)28-15-22-5-4-10-32-22/h4-13H,15-16H2,1-3H3,(H,28,30)/b20-12+. The number of benzene rings is 2. The van der Waals surface area contributed by atoms with Crippen LogP contribution >= 0.6 is 0 Å². The highest BCUT2D eigenvalue weighted by molar-refractivity contribution is 6.01. The van der Waals surface area contributed by atoms with Crippen LogP contribution in [0.15, 0.2) is 64.8 Å². The monoisotopic (exact) mass is 460 g/mol. The number of aryl methyl sites for hydroxylation is 2. The number of nitriles is 1. The van der Waals surface area contributed by atoms with Gasteiger partial charge in [0.25, 0.3) is 5.91 Å². The van der Waals surface area contributed by atoms with E-state index in [9.17, 15) is 14.9 Å².